The molecule has 0 spiro atoms. The number of hydrogen-bond acceptors (Lipinski definition) is 8. The van der Waals surface area contributed by atoms with Gasteiger partial charge >= 0.3 is 11.9 Å². The number of carbonyl (C=O) groups is 3. The van der Waals surface area contributed by atoms with Gasteiger partial charge in [-0.3, -0.25) is 14.4 Å². The molecule has 0 saturated heterocycles. The smallest absolute Gasteiger partial charge is 0.316 e. The predicted octanol–water partition coefficient (Wildman–Crippen LogP) is 35.6. The Morgan fingerprint density at radius 2 is 0.900 bits per heavy atom. The van der Waals surface area contributed by atoms with Gasteiger partial charge in [0, 0.05) is 75.5 Å². The quantitative estimate of drug-likeness (QED) is 0.0616. The molecule has 10 aromatic carbocycles. The van der Waals surface area contributed by atoms with Crippen LogP contribution in [0.2, 0.25) is 0 Å². The van der Waals surface area contributed by atoms with Gasteiger partial charge in [-0.1, -0.05) is 363 Å². The van der Waals surface area contributed by atoms with E-state index >= 15 is 0 Å². The monoisotopic (exact) mass is 1660 g/mol. The van der Waals surface area contributed by atoms with Crippen molar-refractivity contribution in [3.63, 3.8) is 0 Å². The van der Waals surface area contributed by atoms with Crippen LogP contribution in [0, 0.1) is 17.3 Å². The van der Waals surface area contributed by atoms with Gasteiger partial charge < -0.3 is 24.2 Å². The minimum Gasteiger partial charge on any atom is -0.465 e. The molecule has 0 saturated carbocycles. The highest BCUT2D eigenvalue weighted by molar-refractivity contribution is 7.26. The first-order valence-electron chi connectivity index (χ1n) is 45.4. The Kier molecular flexibility index (Phi) is 56.5. The van der Waals surface area contributed by atoms with Gasteiger partial charge in [0.25, 0.3) is 0 Å². The third kappa shape index (κ3) is 34.5. The Hall–Kier alpha value is -9.61. The minimum absolute atomic E-state index is 0.0146. The van der Waals surface area contributed by atoms with E-state index in [1.54, 1.807) is 12.1 Å². The lowest BCUT2D eigenvalue weighted by atomic mass is 9.91. The number of benzene rings is 10. The van der Waals surface area contributed by atoms with Crippen molar-refractivity contribution in [1.29, 1.82) is 0 Å². The van der Waals surface area contributed by atoms with Gasteiger partial charge in [-0.2, -0.15) is 0 Å². The fourth-order valence-corrected chi connectivity index (χ4v) is 13.9. The molecule has 4 heterocycles. The van der Waals surface area contributed by atoms with Crippen LogP contribution in [0.3, 0.4) is 0 Å². The van der Waals surface area contributed by atoms with E-state index in [2.05, 4.69) is 211 Å². The molecule has 14 aromatic rings. The number of furan rings is 1. The van der Waals surface area contributed by atoms with Crippen molar-refractivity contribution >= 4 is 120 Å². The Balaban J connectivity index is 0.000000684. The van der Waals surface area contributed by atoms with E-state index in [-0.39, 0.29) is 29.7 Å². The number of hydrogen-bond donors (Lipinski definition) is 2. The Morgan fingerprint density at radius 1 is 0.425 bits per heavy atom. The molecule has 8 nitrogen and oxygen atoms in total. The van der Waals surface area contributed by atoms with Gasteiger partial charge in [-0.25, -0.2) is 0 Å². The number of carbonyl (C=O) groups excluding carboxylic acids is 3. The first kappa shape index (κ1) is 108. The second-order valence-electron chi connectivity index (χ2n) is 28.4. The van der Waals surface area contributed by atoms with Gasteiger partial charge in [0.15, 0.2) is 0 Å². The summed E-state index contributed by atoms with van der Waals surface area (Å²) in [6.45, 7) is 60.2. The van der Waals surface area contributed by atoms with Crippen molar-refractivity contribution < 1.29 is 28.3 Å². The summed E-state index contributed by atoms with van der Waals surface area (Å²) in [6.07, 6.45) is 8.04. The summed E-state index contributed by atoms with van der Waals surface area (Å²) >= 11 is 3.75. The molecule has 0 radical (unpaired) electrons. The summed E-state index contributed by atoms with van der Waals surface area (Å²) in [5.41, 5.74) is 11.9. The summed E-state index contributed by atoms with van der Waals surface area (Å²) < 4.78 is 20.6. The van der Waals surface area contributed by atoms with Gasteiger partial charge in [0.2, 0.25) is 5.91 Å². The Labute approximate surface area is 735 Å². The van der Waals surface area contributed by atoms with Gasteiger partial charge in [-0.15, -0.1) is 22.7 Å². The van der Waals surface area contributed by atoms with E-state index in [1.165, 1.54) is 110 Å². The fraction of sp³-hybridized carbons (Fsp3) is 0.409. The van der Waals surface area contributed by atoms with E-state index in [0.717, 1.165) is 49.0 Å². The zero-order chi connectivity index (χ0) is 90.1. The van der Waals surface area contributed by atoms with Gasteiger partial charge in [0.1, 0.15) is 16.9 Å². The number of esters is 2. The highest BCUT2D eigenvalue weighted by atomic mass is 32.1. The average molecular weight is 1660 g/mol. The average Bonchev–Trinajstić information content (AvgIpc) is 1.62. The third-order valence-corrected chi connectivity index (χ3v) is 22.6. The number of para-hydroxylation sites is 4. The highest BCUT2D eigenvalue weighted by Crippen LogP contribution is 2.40. The van der Waals surface area contributed by atoms with Crippen LogP contribution in [-0.2, 0) is 25.5 Å². The number of aromatic amines is 1. The van der Waals surface area contributed by atoms with E-state index in [1.807, 2.05) is 259 Å². The van der Waals surface area contributed by atoms with Crippen LogP contribution in [0.1, 0.15) is 297 Å². The number of rotatable bonds is 19. The molecule has 2 N–H and O–H groups in total. The zero-order valence-electron chi connectivity index (χ0n) is 79.3. The number of aromatic nitrogens is 1. The van der Waals surface area contributed by atoms with Crippen LogP contribution < -0.4 is 10.1 Å². The molecule has 0 aliphatic carbocycles. The van der Waals surface area contributed by atoms with Crippen molar-refractivity contribution in [2.45, 2.75) is 276 Å². The molecule has 0 fully saturated rings. The minimum atomic E-state index is -0.407. The molecule has 0 aliphatic heterocycles. The maximum atomic E-state index is 11.6. The molecule has 0 bridgehead atoms. The van der Waals surface area contributed by atoms with E-state index in [4.69, 9.17) is 13.9 Å². The first-order valence-corrected chi connectivity index (χ1v) is 47.1. The lowest BCUT2D eigenvalue weighted by Crippen LogP contribution is -2.28. The van der Waals surface area contributed by atoms with Crippen LogP contribution in [0.15, 0.2) is 252 Å². The number of H-pyrrole nitrogens is 1. The number of anilines is 1. The molecule has 120 heavy (non-hydrogen) atoms. The number of nitrogens with one attached hydrogen (secondary N) is 2. The van der Waals surface area contributed by atoms with Crippen LogP contribution >= 0.6 is 22.7 Å². The molecule has 14 rings (SSSR count). The van der Waals surface area contributed by atoms with E-state index < -0.39 is 5.41 Å². The van der Waals surface area contributed by atoms with Crippen molar-refractivity contribution in [1.82, 2.24) is 4.98 Å². The van der Waals surface area contributed by atoms with Crippen molar-refractivity contribution in [2.24, 2.45) is 17.3 Å². The van der Waals surface area contributed by atoms with Gasteiger partial charge in [0.05, 0.1) is 17.9 Å². The zero-order valence-corrected chi connectivity index (χ0v) is 80.9. The molecule has 0 aliphatic rings. The summed E-state index contributed by atoms with van der Waals surface area (Å²) in [6, 6.07) is 83.1. The summed E-state index contributed by atoms with van der Waals surface area (Å²) in [7, 11) is 0. The van der Waals surface area contributed by atoms with Crippen LogP contribution in [-0.4, -0.2) is 29.4 Å². The SMILES string of the molecule is CC.CC.CC.CC.CC.CC.CC.CCC(C)(C)C(=O)Oc1ccccc1.CCC(C)C(=O)Nc1ccccc1.CCC(C)C(=O)OCCc1ccccc1.CCC(C)c1ccc2c(c1)oc1ccccc12.CCC(C)c1ccc2sccc2c1.CCC(C)c1cccc2[nH]c3ccccc3c12.CCC(C)c1cccc2c1sc1ccccc12. The molecule has 4 aromatic heterocycles. The maximum absolute atomic E-state index is 11.6. The molecule has 6 unspecified atom stereocenters. The Bertz CT molecular complexity index is 4980. The number of fused-ring (bicyclic) bond motifs is 10. The number of ether oxygens (including phenoxy) is 2. The van der Waals surface area contributed by atoms with E-state index in [9.17, 15) is 14.4 Å². The largest absolute Gasteiger partial charge is 0.465 e. The number of amides is 1. The van der Waals surface area contributed by atoms with Crippen molar-refractivity contribution in [2.75, 3.05) is 11.9 Å². The summed E-state index contributed by atoms with van der Waals surface area (Å²) in [5.74, 6) is 3.06. The molecule has 1 amide bonds. The Morgan fingerprint density at radius 3 is 1.48 bits per heavy atom. The lowest BCUT2D eigenvalue weighted by molar-refractivity contribution is -0.148. The van der Waals surface area contributed by atoms with Gasteiger partial charge in [-0.05, 0) is 188 Å². The summed E-state index contributed by atoms with van der Waals surface area (Å²) in [4.78, 5) is 37.9. The van der Waals surface area contributed by atoms with Crippen LogP contribution in [0.25, 0.3) is 74.0 Å². The second-order valence-corrected chi connectivity index (χ2v) is 30.4. The third-order valence-electron chi connectivity index (χ3n) is 20.5. The molecular weight excluding hydrogens is 1510 g/mol. The number of thiophene rings is 2. The topological polar surface area (TPSA) is 111 Å². The predicted molar refractivity (Wildman–Crippen MR) is 536 cm³/mol. The lowest BCUT2D eigenvalue weighted by Gasteiger charge is -2.19. The molecule has 6 atom stereocenters. The van der Waals surface area contributed by atoms with Crippen LogP contribution in [0.5, 0.6) is 5.75 Å². The summed E-state index contributed by atoms with van der Waals surface area (Å²) in [5, 5.41) is 14.4. The standard InChI is InChI=1S/C16H17N.C16H16O.C16H16S.C13H18O2.C12H16O2.C12H14S.C11H15NO.7C2H6/c1-3-11(2)12-8-6-10-15-16(12)13-7-4-5-9-14(13)17-15;1-3-11(2)12-8-9-14-13-6-4-5-7-15(13)17-16(14)10-12;1-3-11(2)12-8-6-9-14-13-7-4-5-10-15(13)17-16(12)14;1-3-11(2)13(14)15-10-9-12-7-5-4-6-8-12;1-4-12(2,3)11(13)14-10-8-6-5-7-9-10;1-3-9(2)10-4-5-12-11(8-10)6-7-13-12;1-3-9(2)11(13)12-10-7-5-4-6-8-10;7*1-2/h4-11,17H,3H2,1-2H3;2*4-11H,3H2,1-2H3;4-8,11H,3,9-10H2,1-2H3;5-9H,4H2,1-3H3;4-9H,3H2,1-2H3;4-9H,3H2,1-2H3,(H,12,13);7*1-2H3. The normalized spacial score (nSPS) is 11.6. The first-order chi connectivity index (χ1) is 58.3. The van der Waals surface area contributed by atoms with Crippen LogP contribution in [0.4, 0.5) is 5.69 Å². The molecular formula is C110H154N2O6S2. The second kappa shape index (κ2) is 62.5. The van der Waals surface area contributed by atoms with E-state index in [0.29, 0.717) is 36.0 Å². The van der Waals surface area contributed by atoms with Crippen molar-refractivity contribution in [3.8, 4) is 5.75 Å². The van der Waals surface area contributed by atoms with Crippen molar-refractivity contribution in [3.05, 3.63) is 276 Å². The maximum Gasteiger partial charge on any atom is 0.316 e. The molecule has 652 valence electrons. The highest BCUT2D eigenvalue weighted by Gasteiger charge is 2.27. The molecule has 10 heteroatoms. The fourth-order valence-electron chi connectivity index (χ4n) is 11.8.